The molecule has 0 bridgehead atoms. The summed E-state index contributed by atoms with van der Waals surface area (Å²) in [5.41, 5.74) is 8.46. The fraction of sp³-hybridized carbons (Fsp3) is 0.222. The first kappa shape index (κ1) is 15.8. The lowest BCUT2D eigenvalue weighted by Gasteiger charge is -2.08. The van der Waals surface area contributed by atoms with Crippen LogP contribution in [0.2, 0.25) is 0 Å². The highest BCUT2D eigenvalue weighted by Gasteiger charge is 2.06. The number of anilines is 1. The van der Waals surface area contributed by atoms with Crippen LogP contribution in [0.3, 0.4) is 0 Å². The van der Waals surface area contributed by atoms with Gasteiger partial charge in [0, 0.05) is 11.3 Å². The van der Waals surface area contributed by atoms with Gasteiger partial charge in [-0.15, -0.1) is 0 Å². The maximum absolute atomic E-state index is 12.0. The van der Waals surface area contributed by atoms with E-state index in [-0.39, 0.29) is 5.91 Å². The van der Waals surface area contributed by atoms with Crippen molar-refractivity contribution >= 4 is 17.5 Å². The maximum atomic E-state index is 12.0. The van der Waals surface area contributed by atoms with Gasteiger partial charge in [0.2, 0.25) is 11.8 Å². The molecule has 0 saturated carbocycles. The molecular formula is C18H20N2O2. The van der Waals surface area contributed by atoms with Gasteiger partial charge in [-0.25, -0.2) is 0 Å². The molecule has 2 aromatic rings. The second kappa shape index (κ2) is 6.89. The summed E-state index contributed by atoms with van der Waals surface area (Å²) in [5, 5.41) is 2.80. The third-order valence-corrected chi connectivity index (χ3v) is 3.46. The minimum Gasteiger partial charge on any atom is -0.366 e. The molecule has 22 heavy (non-hydrogen) atoms. The fourth-order valence-electron chi connectivity index (χ4n) is 2.13. The van der Waals surface area contributed by atoms with Gasteiger partial charge in [0.1, 0.15) is 0 Å². The van der Waals surface area contributed by atoms with Gasteiger partial charge >= 0.3 is 0 Å². The molecule has 0 aliphatic carbocycles. The van der Waals surface area contributed by atoms with Crippen molar-refractivity contribution in [2.45, 2.75) is 26.2 Å². The molecule has 0 aliphatic rings. The molecule has 0 saturated heterocycles. The van der Waals surface area contributed by atoms with Crippen molar-refractivity contribution in [3.05, 3.63) is 65.2 Å². The van der Waals surface area contributed by atoms with Crippen LogP contribution in [0.4, 0.5) is 5.69 Å². The normalized spacial score (nSPS) is 10.5. The third kappa shape index (κ3) is 4.19. The van der Waals surface area contributed by atoms with Gasteiger partial charge < -0.3 is 11.1 Å². The Bertz CT molecular complexity index is 658. The molecule has 0 unspecified atom stereocenters. The highest BCUT2D eigenvalue weighted by molar-refractivity contribution is 5.95. The van der Waals surface area contributed by atoms with E-state index in [2.05, 4.69) is 31.3 Å². The Morgan fingerprint density at radius 1 is 1.00 bits per heavy atom. The van der Waals surface area contributed by atoms with Crippen molar-refractivity contribution in [1.29, 1.82) is 0 Å². The summed E-state index contributed by atoms with van der Waals surface area (Å²) < 4.78 is 0. The summed E-state index contributed by atoms with van der Waals surface area (Å²) in [5.74, 6) is -0.0983. The van der Waals surface area contributed by atoms with Crippen LogP contribution in [0.5, 0.6) is 0 Å². The minimum atomic E-state index is -0.483. The van der Waals surface area contributed by atoms with E-state index in [9.17, 15) is 9.59 Å². The number of primary amides is 1. The molecule has 0 spiro atoms. The van der Waals surface area contributed by atoms with Crippen LogP contribution in [0.25, 0.3) is 0 Å². The molecule has 2 amide bonds. The molecule has 3 N–H and O–H groups in total. The zero-order valence-electron chi connectivity index (χ0n) is 12.8. The van der Waals surface area contributed by atoms with Crippen molar-refractivity contribution in [3.63, 3.8) is 0 Å². The standard InChI is InChI=1S/C18H20N2O2/c1-12(2)14-5-3-13(4-6-14)11-17(21)20-16-9-7-15(8-10-16)18(19)22/h3-10,12H,11H2,1-2H3,(H2,19,22)(H,20,21). The average Bonchev–Trinajstić information content (AvgIpc) is 2.48. The maximum Gasteiger partial charge on any atom is 0.248 e. The Balaban J connectivity index is 1.96. The van der Waals surface area contributed by atoms with E-state index in [0.29, 0.717) is 23.6 Å². The molecule has 0 atom stereocenters. The molecule has 0 radical (unpaired) electrons. The van der Waals surface area contributed by atoms with Crippen molar-refractivity contribution in [3.8, 4) is 0 Å². The van der Waals surface area contributed by atoms with Crippen LogP contribution >= 0.6 is 0 Å². The predicted molar refractivity (Wildman–Crippen MR) is 87.8 cm³/mol. The van der Waals surface area contributed by atoms with Gasteiger partial charge in [0.05, 0.1) is 6.42 Å². The molecule has 0 aromatic heterocycles. The van der Waals surface area contributed by atoms with Gasteiger partial charge in [0.15, 0.2) is 0 Å². The predicted octanol–water partition coefficient (Wildman–Crippen LogP) is 3.09. The minimum absolute atomic E-state index is 0.0934. The zero-order chi connectivity index (χ0) is 16.1. The van der Waals surface area contributed by atoms with E-state index in [4.69, 9.17) is 5.73 Å². The van der Waals surface area contributed by atoms with Crippen LogP contribution in [-0.4, -0.2) is 11.8 Å². The van der Waals surface area contributed by atoms with Gasteiger partial charge in [-0.3, -0.25) is 9.59 Å². The number of hydrogen-bond donors (Lipinski definition) is 2. The van der Waals surface area contributed by atoms with Crippen molar-refractivity contribution in [2.24, 2.45) is 5.73 Å². The van der Waals surface area contributed by atoms with Crippen LogP contribution in [-0.2, 0) is 11.2 Å². The summed E-state index contributed by atoms with van der Waals surface area (Å²) in [7, 11) is 0. The number of amides is 2. The third-order valence-electron chi connectivity index (χ3n) is 3.46. The number of carbonyl (C=O) groups is 2. The van der Waals surface area contributed by atoms with Crippen molar-refractivity contribution in [2.75, 3.05) is 5.32 Å². The van der Waals surface area contributed by atoms with E-state index in [1.807, 2.05) is 12.1 Å². The molecule has 2 aromatic carbocycles. The lowest BCUT2D eigenvalue weighted by Crippen LogP contribution is -2.15. The SMILES string of the molecule is CC(C)c1ccc(CC(=O)Nc2ccc(C(N)=O)cc2)cc1. The van der Waals surface area contributed by atoms with E-state index < -0.39 is 5.91 Å². The van der Waals surface area contributed by atoms with Crippen molar-refractivity contribution in [1.82, 2.24) is 0 Å². The zero-order valence-corrected chi connectivity index (χ0v) is 12.8. The van der Waals surface area contributed by atoms with Gasteiger partial charge in [-0.1, -0.05) is 38.1 Å². The van der Waals surface area contributed by atoms with E-state index in [1.165, 1.54) is 5.56 Å². The highest BCUT2D eigenvalue weighted by Crippen LogP contribution is 2.15. The summed E-state index contributed by atoms with van der Waals surface area (Å²) in [6.07, 6.45) is 0.315. The average molecular weight is 296 g/mol. The summed E-state index contributed by atoms with van der Waals surface area (Å²) in [6.45, 7) is 4.27. The van der Waals surface area contributed by atoms with Crippen LogP contribution in [0, 0.1) is 0 Å². The first-order valence-corrected chi connectivity index (χ1v) is 7.24. The first-order valence-electron chi connectivity index (χ1n) is 7.24. The molecule has 4 heteroatoms. The second-order valence-electron chi connectivity index (χ2n) is 5.56. The highest BCUT2D eigenvalue weighted by atomic mass is 16.1. The topological polar surface area (TPSA) is 72.2 Å². The van der Waals surface area contributed by atoms with E-state index >= 15 is 0 Å². The van der Waals surface area contributed by atoms with Crippen LogP contribution < -0.4 is 11.1 Å². The second-order valence-corrected chi connectivity index (χ2v) is 5.56. The first-order chi connectivity index (χ1) is 10.5. The summed E-state index contributed by atoms with van der Waals surface area (Å²) in [4.78, 5) is 23.0. The smallest absolute Gasteiger partial charge is 0.248 e. The summed E-state index contributed by atoms with van der Waals surface area (Å²) in [6, 6.07) is 14.6. The van der Waals surface area contributed by atoms with Gasteiger partial charge in [-0.2, -0.15) is 0 Å². The Morgan fingerprint density at radius 2 is 1.59 bits per heavy atom. The Labute approximate surface area is 130 Å². The molecule has 114 valence electrons. The lowest BCUT2D eigenvalue weighted by molar-refractivity contribution is -0.115. The van der Waals surface area contributed by atoms with E-state index in [1.54, 1.807) is 24.3 Å². The Hall–Kier alpha value is -2.62. The van der Waals surface area contributed by atoms with Crippen LogP contribution in [0.15, 0.2) is 48.5 Å². The van der Waals surface area contributed by atoms with Gasteiger partial charge in [0.25, 0.3) is 0 Å². The number of nitrogens with two attached hydrogens (primary N) is 1. The monoisotopic (exact) mass is 296 g/mol. The number of rotatable bonds is 5. The molecular weight excluding hydrogens is 276 g/mol. The number of hydrogen-bond acceptors (Lipinski definition) is 2. The molecule has 4 nitrogen and oxygen atoms in total. The Kier molecular flexibility index (Phi) is 4.94. The molecule has 0 aliphatic heterocycles. The summed E-state index contributed by atoms with van der Waals surface area (Å²) >= 11 is 0. The lowest BCUT2D eigenvalue weighted by atomic mass is 10.0. The number of nitrogens with one attached hydrogen (secondary N) is 1. The number of carbonyl (C=O) groups excluding carboxylic acids is 2. The fourth-order valence-corrected chi connectivity index (χ4v) is 2.13. The van der Waals surface area contributed by atoms with Gasteiger partial charge in [-0.05, 0) is 41.3 Å². The van der Waals surface area contributed by atoms with Crippen LogP contribution in [0.1, 0.15) is 41.3 Å². The van der Waals surface area contributed by atoms with Crippen molar-refractivity contribution < 1.29 is 9.59 Å². The Morgan fingerprint density at radius 3 is 2.09 bits per heavy atom. The largest absolute Gasteiger partial charge is 0.366 e. The number of benzene rings is 2. The molecule has 0 fully saturated rings. The molecule has 2 rings (SSSR count). The molecule has 0 heterocycles. The quantitative estimate of drug-likeness (QED) is 0.890. The van der Waals surface area contributed by atoms with E-state index in [0.717, 1.165) is 5.56 Å².